The van der Waals surface area contributed by atoms with Gasteiger partial charge in [0.05, 0.1) is 5.69 Å². The van der Waals surface area contributed by atoms with Crippen LogP contribution in [0.1, 0.15) is 5.56 Å². The number of likely N-dealkylation sites (N-methyl/N-ethyl adjacent to an activating group) is 1. The second-order valence-electron chi connectivity index (χ2n) is 5.42. The minimum atomic E-state index is -0.491. The zero-order chi connectivity index (χ0) is 16.9. The van der Waals surface area contributed by atoms with Crippen molar-refractivity contribution < 1.29 is 19.1 Å². The lowest BCUT2D eigenvalue weighted by molar-refractivity contribution is -0.120. The van der Waals surface area contributed by atoms with E-state index in [1.165, 1.54) is 0 Å². The van der Waals surface area contributed by atoms with Crippen molar-refractivity contribution in [2.24, 2.45) is 0 Å². The summed E-state index contributed by atoms with van der Waals surface area (Å²) in [7, 11) is 1.73. The molecule has 2 aromatic carbocycles. The molecule has 124 valence electrons. The molecule has 0 atom stereocenters. The van der Waals surface area contributed by atoms with Crippen LogP contribution in [0.25, 0.3) is 0 Å². The van der Waals surface area contributed by atoms with Crippen LogP contribution in [0, 0.1) is 0 Å². The lowest BCUT2D eigenvalue weighted by atomic mass is 10.1. The van der Waals surface area contributed by atoms with Crippen molar-refractivity contribution in [3.05, 3.63) is 54.1 Å². The summed E-state index contributed by atoms with van der Waals surface area (Å²) in [6.07, 6.45) is 0.133. The van der Waals surface area contributed by atoms with Gasteiger partial charge in [-0.2, -0.15) is 0 Å². The highest BCUT2D eigenvalue weighted by molar-refractivity contribution is 5.97. The van der Waals surface area contributed by atoms with E-state index in [-0.39, 0.29) is 12.5 Å². The van der Waals surface area contributed by atoms with E-state index in [1.807, 2.05) is 24.3 Å². The van der Waals surface area contributed by atoms with E-state index >= 15 is 0 Å². The monoisotopic (exact) mass is 326 g/mol. The molecule has 6 nitrogen and oxygen atoms in total. The first-order valence-electron chi connectivity index (χ1n) is 7.66. The minimum Gasteiger partial charge on any atom is -0.482 e. The Morgan fingerprint density at radius 3 is 2.83 bits per heavy atom. The second-order valence-corrected chi connectivity index (χ2v) is 5.42. The third kappa shape index (κ3) is 3.65. The highest BCUT2D eigenvalue weighted by Crippen LogP contribution is 2.31. The number of carbonyl (C=O) groups is 2. The molecule has 0 saturated carbocycles. The molecule has 2 amide bonds. The Labute approximate surface area is 140 Å². The van der Waals surface area contributed by atoms with E-state index in [0.29, 0.717) is 24.5 Å². The van der Waals surface area contributed by atoms with Gasteiger partial charge < -0.3 is 19.7 Å². The molecule has 24 heavy (non-hydrogen) atoms. The predicted octanol–water partition coefficient (Wildman–Crippen LogP) is 2.37. The number of para-hydroxylation sites is 1. The van der Waals surface area contributed by atoms with Crippen LogP contribution < -0.4 is 19.7 Å². The molecule has 0 spiro atoms. The predicted molar refractivity (Wildman–Crippen MR) is 89.5 cm³/mol. The first kappa shape index (κ1) is 15.9. The molecule has 0 aliphatic carbocycles. The van der Waals surface area contributed by atoms with Crippen LogP contribution in [0.4, 0.5) is 10.5 Å². The minimum absolute atomic E-state index is 0.0652. The Morgan fingerprint density at radius 1 is 1.25 bits per heavy atom. The number of amides is 2. The van der Waals surface area contributed by atoms with E-state index in [1.54, 1.807) is 36.2 Å². The van der Waals surface area contributed by atoms with Crippen LogP contribution in [-0.4, -0.2) is 32.2 Å². The van der Waals surface area contributed by atoms with Gasteiger partial charge in [-0.25, -0.2) is 4.79 Å². The maximum absolute atomic E-state index is 11.7. The molecule has 0 fully saturated rings. The van der Waals surface area contributed by atoms with Crippen LogP contribution >= 0.6 is 0 Å². The number of carbonyl (C=O) groups excluding carboxylic acids is 2. The number of ether oxygens (including phenoxy) is 2. The molecule has 0 saturated heterocycles. The normalized spacial score (nSPS) is 13.0. The van der Waals surface area contributed by atoms with Gasteiger partial charge in [-0.3, -0.25) is 4.79 Å². The van der Waals surface area contributed by atoms with Crippen molar-refractivity contribution >= 4 is 17.7 Å². The number of nitrogens with zero attached hydrogens (tertiary/aromatic N) is 1. The van der Waals surface area contributed by atoms with Crippen molar-refractivity contribution in [3.63, 3.8) is 0 Å². The van der Waals surface area contributed by atoms with Gasteiger partial charge in [-0.05, 0) is 36.2 Å². The summed E-state index contributed by atoms with van der Waals surface area (Å²) < 4.78 is 10.5. The zero-order valence-corrected chi connectivity index (χ0v) is 13.3. The number of anilines is 1. The first-order chi connectivity index (χ1) is 11.6. The Hall–Kier alpha value is -3.02. The molecule has 3 rings (SSSR count). The topological polar surface area (TPSA) is 67.9 Å². The second kappa shape index (κ2) is 7.04. The van der Waals surface area contributed by atoms with Crippen molar-refractivity contribution in [1.29, 1.82) is 0 Å². The van der Waals surface area contributed by atoms with E-state index in [9.17, 15) is 9.59 Å². The molecule has 1 N–H and O–H groups in total. The maximum Gasteiger partial charge on any atom is 0.412 e. The van der Waals surface area contributed by atoms with Gasteiger partial charge in [0.15, 0.2) is 6.61 Å². The van der Waals surface area contributed by atoms with E-state index in [4.69, 9.17) is 9.47 Å². The Balaban J connectivity index is 1.54. The first-order valence-corrected chi connectivity index (χ1v) is 7.66. The van der Waals surface area contributed by atoms with Crippen LogP contribution in [0.3, 0.4) is 0 Å². The molecule has 1 aliphatic heterocycles. The summed E-state index contributed by atoms with van der Waals surface area (Å²) >= 11 is 0. The van der Waals surface area contributed by atoms with Gasteiger partial charge in [-0.1, -0.05) is 24.3 Å². The Morgan fingerprint density at radius 2 is 2.04 bits per heavy atom. The van der Waals surface area contributed by atoms with Gasteiger partial charge in [-0.15, -0.1) is 0 Å². The molecular weight excluding hydrogens is 308 g/mol. The van der Waals surface area contributed by atoms with Crippen molar-refractivity contribution in [2.75, 3.05) is 25.1 Å². The van der Waals surface area contributed by atoms with E-state index < -0.39 is 6.09 Å². The Kier molecular flexibility index (Phi) is 4.65. The van der Waals surface area contributed by atoms with Gasteiger partial charge >= 0.3 is 6.09 Å². The standard InChI is InChI=1S/C18H18N2O4/c1-20-15-11-13(7-8-16(15)23-12-17(20)21)9-10-19-18(22)24-14-5-3-2-4-6-14/h2-8,11H,9-10,12H2,1H3,(H,19,22). The fraction of sp³-hybridized carbons (Fsp3) is 0.222. The third-order valence-electron chi connectivity index (χ3n) is 3.75. The molecule has 0 unspecified atom stereocenters. The number of hydrogen-bond acceptors (Lipinski definition) is 4. The van der Waals surface area contributed by atoms with Crippen molar-refractivity contribution in [2.45, 2.75) is 6.42 Å². The van der Waals surface area contributed by atoms with Crippen LogP contribution in [0.15, 0.2) is 48.5 Å². The van der Waals surface area contributed by atoms with Crippen LogP contribution in [0.5, 0.6) is 11.5 Å². The lowest BCUT2D eigenvalue weighted by Crippen LogP contribution is -2.35. The smallest absolute Gasteiger partial charge is 0.412 e. The summed E-state index contributed by atoms with van der Waals surface area (Å²) in [5, 5.41) is 2.71. The van der Waals surface area contributed by atoms with E-state index in [2.05, 4.69) is 5.32 Å². The molecule has 1 aliphatic rings. The fourth-order valence-corrected chi connectivity index (χ4v) is 2.41. The molecule has 0 aromatic heterocycles. The average molecular weight is 326 g/mol. The summed E-state index contributed by atoms with van der Waals surface area (Å²) in [5.74, 6) is 1.11. The number of fused-ring (bicyclic) bond motifs is 1. The Bertz CT molecular complexity index is 746. The van der Waals surface area contributed by atoms with Gasteiger partial charge in [0.25, 0.3) is 5.91 Å². The zero-order valence-electron chi connectivity index (χ0n) is 13.3. The van der Waals surface area contributed by atoms with Crippen molar-refractivity contribution in [1.82, 2.24) is 5.32 Å². The SMILES string of the molecule is CN1C(=O)COc2ccc(CCNC(=O)Oc3ccccc3)cc21. The largest absolute Gasteiger partial charge is 0.482 e. The van der Waals surface area contributed by atoms with Gasteiger partial charge in [0.2, 0.25) is 0 Å². The maximum atomic E-state index is 11.7. The fourth-order valence-electron chi connectivity index (χ4n) is 2.41. The quantitative estimate of drug-likeness (QED) is 0.937. The summed E-state index contributed by atoms with van der Waals surface area (Å²) in [5.41, 5.74) is 1.74. The summed E-state index contributed by atoms with van der Waals surface area (Å²) in [6.45, 7) is 0.499. The van der Waals surface area contributed by atoms with Crippen LogP contribution in [0.2, 0.25) is 0 Å². The molecule has 2 aromatic rings. The molecule has 0 bridgehead atoms. The molecule has 1 heterocycles. The molecular formula is C18H18N2O4. The number of nitrogens with one attached hydrogen (secondary N) is 1. The average Bonchev–Trinajstić information content (AvgIpc) is 2.59. The number of rotatable bonds is 4. The van der Waals surface area contributed by atoms with Crippen molar-refractivity contribution in [3.8, 4) is 11.5 Å². The van der Waals surface area contributed by atoms with Gasteiger partial charge in [0, 0.05) is 13.6 Å². The number of benzene rings is 2. The number of hydrogen-bond donors (Lipinski definition) is 1. The molecule has 0 radical (unpaired) electrons. The lowest BCUT2D eigenvalue weighted by Gasteiger charge is -2.26. The van der Waals surface area contributed by atoms with E-state index in [0.717, 1.165) is 11.3 Å². The van der Waals surface area contributed by atoms with Crippen LogP contribution in [-0.2, 0) is 11.2 Å². The summed E-state index contributed by atoms with van der Waals surface area (Å²) in [6, 6.07) is 14.6. The highest BCUT2D eigenvalue weighted by Gasteiger charge is 2.22. The third-order valence-corrected chi connectivity index (χ3v) is 3.75. The van der Waals surface area contributed by atoms with Gasteiger partial charge in [0.1, 0.15) is 11.5 Å². The molecule has 6 heteroatoms. The highest BCUT2D eigenvalue weighted by atomic mass is 16.6. The summed E-state index contributed by atoms with van der Waals surface area (Å²) in [4.78, 5) is 25.0.